The van der Waals surface area contributed by atoms with Gasteiger partial charge in [0, 0.05) is 17.0 Å². The van der Waals surface area contributed by atoms with Crippen molar-refractivity contribution in [2.45, 2.75) is 18.2 Å². The van der Waals surface area contributed by atoms with Crippen molar-refractivity contribution < 1.29 is 4.79 Å². The first-order valence-corrected chi connectivity index (χ1v) is 11.0. The summed E-state index contributed by atoms with van der Waals surface area (Å²) in [5, 5.41) is 0.772. The van der Waals surface area contributed by atoms with E-state index in [1.54, 1.807) is 23.1 Å². The number of carbonyl (C=O) groups excluding carboxylic acids is 1. The van der Waals surface area contributed by atoms with E-state index in [0.29, 0.717) is 12.1 Å². The van der Waals surface area contributed by atoms with Gasteiger partial charge in [-0.15, -0.1) is 24.2 Å². The summed E-state index contributed by atoms with van der Waals surface area (Å²) in [7, 11) is 4.10. The van der Waals surface area contributed by atoms with Crippen molar-refractivity contribution in [2.24, 2.45) is 0 Å². The predicted octanol–water partition coefficient (Wildman–Crippen LogP) is 5.35. The summed E-state index contributed by atoms with van der Waals surface area (Å²) in [6.07, 6.45) is 2.93. The van der Waals surface area contributed by atoms with Gasteiger partial charge in [-0.2, -0.15) is 0 Å². The Morgan fingerprint density at radius 1 is 1.11 bits per heavy atom. The van der Waals surface area contributed by atoms with Crippen LogP contribution in [-0.2, 0) is 0 Å². The number of hydrogen-bond acceptors (Lipinski definition) is 5. The second-order valence-electron chi connectivity index (χ2n) is 6.81. The largest absolute Gasteiger partial charge is 0.309 e. The number of nitrogens with zero attached hydrogens (tertiary/aromatic N) is 3. The summed E-state index contributed by atoms with van der Waals surface area (Å²) in [5.74, 6) is 0.0113. The summed E-state index contributed by atoms with van der Waals surface area (Å²) in [6, 6.07) is 14.0. The van der Waals surface area contributed by atoms with E-state index in [4.69, 9.17) is 4.98 Å². The molecule has 150 valence electrons. The molecule has 0 aliphatic carbocycles. The zero-order valence-corrected chi connectivity index (χ0v) is 19.1. The van der Waals surface area contributed by atoms with Gasteiger partial charge in [-0.25, -0.2) is 4.98 Å². The molecule has 0 saturated heterocycles. The molecule has 28 heavy (non-hydrogen) atoms. The minimum Gasteiger partial charge on any atom is -0.309 e. The van der Waals surface area contributed by atoms with Crippen LogP contribution in [0, 0.1) is 6.92 Å². The highest BCUT2D eigenvalue weighted by Gasteiger charge is 2.21. The lowest BCUT2D eigenvalue weighted by Crippen LogP contribution is -2.33. The molecule has 0 fully saturated rings. The van der Waals surface area contributed by atoms with Crippen LogP contribution >= 0.6 is 35.5 Å². The van der Waals surface area contributed by atoms with Gasteiger partial charge in [-0.3, -0.25) is 9.69 Å². The maximum absolute atomic E-state index is 13.2. The molecular formula is C21H26ClN3OS2. The Labute approximate surface area is 181 Å². The van der Waals surface area contributed by atoms with Crippen molar-refractivity contribution in [3.8, 4) is 0 Å². The van der Waals surface area contributed by atoms with Crippen molar-refractivity contribution in [1.29, 1.82) is 0 Å². The minimum absolute atomic E-state index is 0. The normalized spacial score (nSPS) is 10.9. The summed E-state index contributed by atoms with van der Waals surface area (Å²) >= 11 is 3.26. The molecule has 0 radical (unpaired) electrons. The van der Waals surface area contributed by atoms with Crippen LogP contribution in [0.15, 0.2) is 47.4 Å². The zero-order chi connectivity index (χ0) is 19.4. The van der Waals surface area contributed by atoms with Gasteiger partial charge in [0.1, 0.15) is 0 Å². The maximum atomic E-state index is 13.2. The average Bonchev–Trinajstić information content (AvgIpc) is 3.07. The second-order valence-corrected chi connectivity index (χ2v) is 8.70. The molecule has 0 bridgehead atoms. The van der Waals surface area contributed by atoms with E-state index in [-0.39, 0.29) is 18.3 Å². The molecule has 2 aromatic carbocycles. The van der Waals surface area contributed by atoms with E-state index < -0.39 is 0 Å². The third-order valence-corrected chi connectivity index (χ3v) is 6.12. The van der Waals surface area contributed by atoms with Crippen LogP contribution in [0.4, 0.5) is 5.13 Å². The van der Waals surface area contributed by atoms with Crippen molar-refractivity contribution in [1.82, 2.24) is 9.88 Å². The first-order chi connectivity index (χ1) is 13.0. The lowest BCUT2D eigenvalue weighted by molar-refractivity contribution is 0.0986. The number of aryl methyl sites for hydroxylation is 1. The van der Waals surface area contributed by atoms with Gasteiger partial charge in [-0.05, 0) is 82.2 Å². The smallest absolute Gasteiger partial charge is 0.260 e. The molecule has 0 aliphatic rings. The van der Waals surface area contributed by atoms with Gasteiger partial charge in [-0.1, -0.05) is 17.4 Å². The van der Waals surface area contributed by atoms with E-state index in [1.807, 2.05) is 55.6 Å². The van der Waals surface area contributed by atoms with Gasteiger partial charge >= 0.3 is 0 Å². The molecular weight excluding hydrogens is 410 g/mol. The van der Waals surface area contributed by atoms with Crippen molar-refractivity contribution >= 4 is 56.8 Å². The number of fused-ring (bicyclic) bond motifs is 1. The number of halogens is 1. The number of aromatic nitrogens is 1. The Morgan fingerprint density at radius 3 is 2.46 bits per heavy atom. The molecule has 0 spiro atoms. The fourth-order valence-electron chi connectivity index (χ4n) is 2.85. The third kappa shape index (κ3) is 5.47. The highest BCUT2D eigenvalue weighted by Crippen LogP contribution is 2.30. The summed E-state index contributed by atoms with van der Waals surface area (Å²) in [6.45, 7) is 3.66. The van der Waals surface area contributed by atoms with Crippen LogP contribution in [0.3, 0.4) is 0 Å². The molecule has 0 saturated carbocycles. The quantitative estimate of drug-likeness (QED) is 0.469. The van der Waals surface area contributed by atoms with E-state index in [1.165, 1.54) is 5.56 Å². The first-order valence-electron chi connectivity index (χ1n) is 8.96. The number of amides is 1. The fraction of sp³-hybridized carbons (Fsp3) is 0.333. The molecule has 3 rings (SSSR count). The predicted molar refractivity (Wildman–Crippen MR) is 125 cm³/mol. The highest BCUT2D eigenvalue weighted by molar-refractivity contribution is 7.98. The molecule has 7 heteroatoms. The Balaban J connectivity index is 0.00000280. The van der Waals surface area contributed by atoms with Crippen LogP contribution in [0.2, 0.25) is 0 Å². The number of benzene rings is 2. The molecule has 1 aromatic heterocycles. The van der Waals surface area contributed by atoms with E-state index in [2.05, 4.69) is 24.0 Å². The number of thioether (sulfide) groups is 1. The molecule has 4 nitrogen and oxygen atoms in total. The van der Waals surface area contributed by atoms with Crippen LogP contribution in [0.25, 0.3) is 10.2 Å². The Morgan fingerprint density at radius 2 is 1.82 bits per heavy atom. The Kier molecular flexibility index (Phi) is 8.31. The Bertz CT molecular complexity index is 925. The van der Waals surface area contributed by atoms with Gasteiger partial charge in [0.15, 0.2) is 5.13 Å². The number of hydrogen-bond donors (Lipinski definition) is 0. The maximum Gasteiger partial charge on any atom is 0.260 e. The topological polar surface area (TPSA) is 36.4 Å². The van der Waals surface area contributed by atoms with Gasteiger partial charge in [0.05, 0.1) is 10.2 Å². The number of anilines is 1. The molecule has 0 aliphatic heterocycles. The fourth-order valence-corrected chi connectivity index (χ4v) is 4.35. The molecule has 0 N–H and O–H groups in total. The molecule has 1 amide bonds. The monoisotopic (exact) mass is 435 g/mol. The van der Waals surface area contributed by atoms with Gasteiger partial charge in [0.25, 0.3) is 5.91 Å². The van der Waals surface area contributed by atoms with Crippen LogP contribution in [0.5, 0.6) is 0 Å². The minimum atomic E-state index is 0. The first kappa shape index (κ1) is 22.7. The zero-order valence-electron chi connectivity index (χ0n) is 16.6. The molecule has 0 unspecified atom stereocenters. The van der Waals surface area contributed by atoms with Gasteiger partial charge < -0.3 is 4.90 Å². The van der Waals surface area contributed by atoms with Crippen LogP contribution in [-0.4, -0.2) is 49.2 Å². The van der Waals surface area contributed by atoms with Gasteiger partial charge in [0.2, 0.25) is 0 Å². The van der Waals surface area contributed by atoms with Crippen molar-refractivity contribution in [3.05, 3.63) is 53.6 Å². The lowest BCUT2D eigenvalue weighted by Gasteiger charge is -2.21. The van der Waals surface area contributed by atoms with Crippen molar-refractivity contribution in [3.63, 3.8) is 0 Å². The van der Waals surface area contributed by atoms with E-state index >= 15 is 0 Å². The van der Waals surface area contributed by atoms with Crippen LogP contribution < -0.4 is 4.90 Å². The summed E-state index contributed by atoms with van der Waals surface area (Å²) in [4.78, 5) is 23.1. The molecule has 3 aromatic rings. The highest BCUT2D eigenvalue weighted by atomic mass is 35.5. The number of thiazole rings is 1. The Hall–Kier alpha value is -1.60. The second kappa shape index (κ2) is 10.3. The SMILES string of the molecule is CSc1ccc(C(=O)N(CCCN(C)C)c2nc3ccc(C)cc3s2)cc1.Cl. The third-order valence-electron chi connectivity index (χ3n) is 4.33. The molecule has 1 heterocycles. The molecule has 0 atom stereocenters. The van der Waals surface area contributed by atoms with Crippen molar-refractivity contribution in [2.75, 3.05) is 38.3 Å². The lowest BCUT2D eigenvalue weighted by atomic mass is 10.2. The van der Waals surface area contributed by atoms with Crippen LogP contribution in [0.1, 0.15) is 22.3 Å². The summed E-state index contributed by atoms with van der Waals surface area (Å²) in [5.41, 5.74) is 2.85. The average molecular weight is 436 g/mol. The number of rotatable bonds is 7. The summed E-state index contributed by atoms with van der Waals surface area (Å²) < 4.78 is 1.12. The standard InChI is InChI=1S/C21H25N3OS2.ClH/c1-15-6-11-18-19(14-15)27-21(22-18)24(13-5-12-23(2)3)20(25)16-7-9-17(26-4)10-8-16;/h6-11,14H,5,12-13H2,1-4H3;1H. The number of carbonyl (C=O) groups is 1. The van der Waals surface area contributed by atoms with E-state index in [9.17, 15) is 4.79 Å². The van der Waals surface area contributed by atoms with E-state index in [0.717, 1.165) is 33.2 Å².